The molecule has 3 rings (SSSR count). The van der Waals surface area contributed by atoms with Crippen molar-refractivity contribution in [3.63, 3.8) is 0 Å². The summed E-state index contributed by atoms with van der Waals surface area (Å²) in [5, 5.41) is 4.63. The number of rotatable bonds is 5. The van der Waals surface area contributed by atoms with Crippen LogP contribution in [0, 0.1) is 0 Å². The maximum absolute atomic E-state index is 5.98. The number of imidazole rings is 1. The molecule has 104 valence electrons. The molecule has 2 N–H and O–H groups in total. The van der Waals surface area contributed by atoms with Gasteiger partial charge in [-0.2, -0.15) is 0 Å². The highest BCUT2D eigenvalue weighted by molar-refractivity contribution is 7.18. The number of halogens is 1. The Labute approximate surface area is 125 Å². The fourth-order valence-corrected chi connectivity index (χ4v) is 3.17. The van der Waals surface area contributed by atoms with Crippen molar-refractivity contribution >= 4 is 39.0 Å². The van der Waals surface area contributed by atoms with E-state index in [9.17, 15) is 0 Å². The Hall–Kier alpha value is -1.66. The largest absolute Gasteiger partial charge is 0.369 e. The maximum Gasteiger partial charge on any atom is 0.225 e. The number of H-pyrrole nitrogens is 1. The molecule has 0 fully saturated rings. The molecular weight excluding hydrogens is 294 g/mol. The number of nitrogens with zero attached hydrogens (tertiary/aromatic N) is 3. The molecule has 0 saturated carbocycles. The van der Waals surface area contributed by atoms with Crippen LogP contribution in [0.15, 0.2) is 18.5 Å². The second kappa shape index (κ2) is 5.76. The summed E-state index contributed by atoms with van der Waals surface area (Å²) in [6.45, 7) is 2.87. The standard InChI is InChI=1S/C13H14ClN5S/c1-2-8-7-9-11(18-13(14)19-12(9)20-8)17-4-3-10-15-5-6-16-10/h5-7H,2-4H2,1H3,(H,15,16)(H,17,18,19). The van der Waals surface area contributed by atoms with E-state index >= 15 is 0 Å². The van der Waals surface area contributed by atoms with Crippen molar-refractivity contribution in [2.24, 2.45) is 0 Å². The van der Waals surface area contributed by atoms with Gasteiger partial charge in [0, 0.05) is 30.2 Å². The number of thiophene rings is 1. The molecule has 0 unspecified atom stereocenters. The lowest BCUT2D eigenvalue weighted by Gasteiger charge is -2.05. The monoisotopic (exact) mass is 307 g/mol. The van der Waals surface area contributed by atoms with Crippen LogP contribution in [0.3, 0.4) is 0 Å². The third-order valence-electron chi connectivity index (χ3n) is 2.97. The van der Waals surface area contributed by atoms with Gasteiger partial charge in [0.2, 0.25) is 5.28 Å². The minimum atomic E-state index is 0.280. The van der Waals surface area contributed by atoms with Crippen molar-refractivity contribution in [1.29, 1.82) is 0 Å². The number of nitrogens with one attached hydrogen (secondary N) is 2. The van der Waals surface area contributed by atoms with Gasteiger partial charge in [0.1, 0.15) is 16.5 Å². The fraction of sp³-hybridized carbons (Fsp3) is 0.308. The van der Waals surface area contributed by atoms with E-state index in [1.807, 2.05) is 6.20 Å². The second-order valence-corrected chi connectivity index (χ2v) is 5.79. The number of anilines is 1. The van der Waals surface area contributed by atoms with Gasteiger partial charge in [-0.1, -0.05) is 6.92 Å². The molecule has 0 aliphatic heterocycles. The minimum Gasteiger partial charge on any atom is -0.369 e. The first-order valence-electron chi connectivity index (χ1n) is 6.44. The van der Waals surface area contributed by atoms with Gasteiger partial charge in [0.25, 0.3) is 0 Å². The topological polar surface area (TPSA) is 66.5 Å². The summed E-state index contributed by atoms with van der Waals surface area (Å²) in [5.74, 6) is 1.75. The Kier molecular flexibility index (Phi) is 3.84. The summed E-state index contributed by atoms with van der Waals surface area (Å²) < 4.78 is 0. The zero-order valence-electron chi connectivity index (χ0n) is 11.0. The number of aromatic amines is 1. The number of aromatic nitrogens is 4. The zero-order chi connectivity index (χ0) is 13.9. The van der Waals surface area contributed by atoms with Crippen LogP contribution in [0.5, 0.6) is 0 Å². The lowest BCUT2D eigenvalue weighted by molar-refractivity contribution is 0.922. The molecule has 0 bridgehead atoms. The lowest BCUT2D eigenvalue weighted by Crippen LogP contribution is -2.08. The van der Waals surface area contributed by atoms with E-state index in [1.54, 1.807) is 17.5 Å². The van der Waals surface area contributed by atoms with Crippen molar-refractivity contribution in [2.45, 2.75) is 19.8 Å². The van der Waals surface area contributed by atoms with Crippen LogP contribution in [0.1, 0.15) is 17.6 Å². The third kappa shape index (κ3) is 2.76. The summed E-state index contributed by atoms with van der Waals surface area (Å²) >= 11 is 7.64. The summed E-state index contributed by atoms with van der Waals surface area (Å²) in [4.78, 5) is 18.0. The van der Waals surface area contributed by atoms with Crippen molar-refractivity contribution in [3.05, 3.63) is 34.4 Å². The Morgan fingerprint density at radius 1 is 1.40 bits per heavy atom. The molecule has 3 heterocycles. The average molecular weight is 308 g/mol. The molecule has 0 atom stereocenters. The van der Waals surface area contributed by atoms with Crippen LogP contribution < -0.4 is 5.32 Å². The van der Waals surface area contributed by atoms with Crippen molar-refractivity contribution < 1.29 is 0 Å². The first-order chi connectivity index (χ1) is 9.76. The first-order valence-corrected chi connectivity index (χ1v) is 7.64. The minimum absolute atomic E-state index is 0.280. The summed E-state index contributed by atoms with van der Waals surface area (Å²) in [7, 11) is 0. The molecule has 3 aromatic rings. The molecule has 0 aliphatic rings. The number of hydrogen-bond donors (Lipinski definition) is 2. The van der Waals surface area contributed by atoms with Gasteiger partial charge in [-0.15, -0.1) is 11.3 Å². The molecule has 5 nitrogen and oxygen atoms in total. The molecule has 0 radical (unpaired) electrons. The van der Waals surface area contributed by atoms with E-state index < -0.39 is 0 Å². The first kappa shape index (κ1) is 13.3. The Bertz CT molecular complexity index is 707. The summed E-state index contributed by atoms with van der Waals surface area (Å²) in [5.41, 5.74) is 0. The van der Waals surface area contributed by atoms with Crippen LogP contribution in [0.4, 0.5) is 5.82 Å². The van der Waals surface area contributed by atoms with Crippen LogP contribution >= 0.6 is 22.9 Å². The highest BCUT2D eigenvalue weighted by Crippen LogP contribution is 2.30. The molecule has 7 heteroatoms. The molecule has 0 spiro atoms. The van der Waals surface area contributed by atoms with Gasteiger partial charge < -0.3 is 10.3 Å². The maximum atomic E-state index is 5.98. The quantitative estimate of drug-likeness (QED) is 0.710. The fourth-order valence-electron chi connectivity index (χ4n) is 1.99. The Morgan fingerprint density at radius 2 is 2.30 bits per heavy atom. The van der Waals surface area contributed by atoms with E-state index in [1.165, 1.54) is 4.88 Å². The van der Waals surface area contributed by atoms with Gasteiger partial charge in [-0.3, -0.25) is 0 Å². The highest BCUT2D eigenvalue weighted by Gasteiger charge is 2.10. The SMILES string of the molecule is CCc1cc2c(NCCc3ncc[nH]3)nc(Cl)nc2s1. The van der Waals surface area contributed by atoms with Gasteiger partial charge in [0.15, 0.2) is 0 Å². The van der Waals surface area contributed by atoms with Gasteiger partial charge in [-0.05, 0) is 24.1 Å². The molecule has 0 aromatic carbocycles. The van der Waals surface area contributed by atoms with Crippen LogP contribution in [-0.4, -0.2) is 26.5 Å². The molecule has 0 saturated heterocycles. The van der Waals surface area contributed by atoms with E-state index in [0.29, 0.717) is 0 Å². The molecule has 0 aliphatic carbocycles. The number of fused-ring (bicyclic) bond motifs is 1. The van der Waals surface area contributed by atoms with E-state index in [4.69, 9.17) is 11.6 Å². The highest BCUT2D eigenvalue weighted by atomic mass is 35.5. The van der Waals surface area contributed by atoms with Crippen LogP contribution in [0.2, 0.25) is 5.28 Å². The van der Waals surface area contributed by atoms with Crippen molar-refractivity contribution in [2.75, 3.05) is 11.9 Å². The lowest BCUT2D eigenvalue weighted by atomic mass is 10.3. The number of aryl methyl sites for hydroxylation is 1. The van der Waals surface area contributed by atoms with E-state index in [2.05, 4.69) is 38.2 Å². The van der Waals surface area contributed by atoms with Crippen molar-refractivity contribution in [1.82, 2.24) is 19.9 Å². The zero-order valence-corrected chi connectivity index (χ0v) is 12.6. The van der Waals surface area contributed by atoms with E-state index in [-0.39, 0.29) is 5.28 Å². The predicted octanol–water partition coefficient (Wildman–Crippen LogP) is 3.28. The Morgan fingerprint density at radius 3 is 3.05 bits per heavy atom. The molecular formula is C13H14ClN5S. The van der Waals surface area contributed by atoms with Gasteiger partial charge >= 0.3 is 0 Å². The van der Waals surface area contributed by atoms with E-state index in [0.717, 1.165) is 41.2 Å². The van der Waals surface area contributed by atoms with Crippen LogP contribution in [-0.2, 0) is 12.8 Å². The van der Waals surface area contributed by atoms with Crippen molar-refractivity contribution in [3.8, 4) is 0 Å². The predicted molar refractivity (Wildman–Crippen MR) is 82.6 cm³/mol. The summed E-state index contributed by atoms with van der Waals surface area (Å²) in [6.07, 6.45) is 5.37. The Balaban J connectivity index is 1.80. The van der Waals surface area contributed by atoms with Gasteiger partial charge in [0.05, 0.1) is 5.39 Å². The molecule has 20 heavy (non-hydrogen) atoms. The smallest absolute Gasteiger partial charge is 0.225 e. The normalized spacial score (nSPS) is 11.1. The summed E-state index contributed by atoms with van der Waals surface area (Å²) in [6, 6.07) is 2.13. The van der Waals surface area contributed by atoms with Crippen LogP contribution in [0.25, 0.3) is 10.2 Å². The molecule has 0 amide bonds. The third-order valence-corrected chi connectivity index (χ3v) is 4.32. The number of hydrogen-bond acceptors (Lipinski definition) is 5. The molecule has 3 aromatic heterocycles. The van der Waals surface area contributed by atoms with Gasteiger partial charge in [-0.25, -0.2) is 15.0 Å². The second-order valence-electron chi connectivity index (χ2n) is 4.34. The average Bonchev–Trinajstić information content (AvgIpc) is 3.06.